The van der Waals surface area contributed by atoms with Crippen molar-refractivity contribution >= 4 is 0 Å². The molecule has 16 heavy (non-hydrogen) atoms. The van der Waals surface area contributed by atoms with Crippen LogP contribution in [0.15, 0.2) is 41.2 Å². The van der Waals surface area contributed by atoms with Crippen LogP contribution in [0.1, 0.15) is 16.7 Å². The lowest BCUT2D eigenvalue weighted by Gasteiger charge is -2.06. The third-order valence-corrected chi connectivity index (χ3v) is 2.53. The number of benzene rings is 1. The quantitative estimate of drug-likeness (QED) is 0.855. The second-order valence-electron chi connectivity index (χ2n) is 3.81. The molecule has 2 nitrogen and oxygen atoms in total. The van der Waals surface area contributed by atoms with E-state index in [0.29, 0.717) is 0 Å². The highest BCUT2D eigenvalue weighted by molar-refractivity contribution is 5.26. The Hall–Kier alpha value is -1.61. The van der Waals surface area contributed by atoms with Crippen molar-refractivity contribution in [3.63, 3.8) is 0 Å². The second-order valence-corrected chi connectivity index (χ2v) is 3.81. The van der Waals surface area contributed by atoms with Crippen molar-refractivity contribution in [2.75, 3.05) is 0 Å². The van der Waals surface area contributed by atoms with Crippen LogP contribution in [0.2, 0.25) is 0 Å². The normalized spacial score (nSPS) is 10.6. The van der Waals surface area contributed by atoms with Crippen molar-refractivity contribution in [1.29, 1.82) is 0 Å². The lowest BCUT2D eigenvalue weighted by Crippen LogP contribution is -2.13. The molecule has 0 amide bonds. The number of furan rings is 1. The van der Waals surface area contributed by atoms with Gasteiger partial charge in [-0.15, -0.1) is 0 Å². The molecule has 0 aliphatic rings. The predicted molar refractivity (Wildman–Crippen MR) is 60.4 cm³/mol. The van der Waals surface area contributed by atoms with Gasteiger partial charge in [0.15, 0.2) is 0 Å². The summed E-state index contributed by atoms with van der Waals surface area (Å²) in [6.45, 7) is 3.41. The van der Waals surface area contributed by atoms with E-state index in [-0.39, 0.29) is 5.82 Å². The van der Waals surface area contributed by atoms with Gasteiger partial charge in [-0.3, -0.25) is 0 Å². The van der Waals surface area contributed by atoms with Gasteiger partial charge in [-0.25, -0.2) is 4.39 Å². The van der Waals surface area contributed by atoms with Crippen molar-refractivity contribution in [2.45, 2.75) is 20.0 Å². The molecule has 0 spiro atoms. The summed E-state index contributed by atoms with van der Waals surface area (Å²) < 4.78 is 17.8. The zero-order valence-electron chi connectivity index (χ0n) is 9.16. The molecule has 0 radical (unpaired) electrons. The number of halogens is 1. The minimum Gasteiger partial charge on any atom is -0.472 e. The maximum atomic E-state index is 12.9. The summed E-state index contributed by atoms with van der Waals surface area (Å²) in [7, 11) is 0. The van der Waals surface area contributed by atoms with Crippen LogP contribution in [-0.2, 0) is 13.1 Å². The summed E-state index contributed by atoms with van der Waals surface area (Å²) in [4.78, 5) is 0. The Morgan fingerprint density at radius 3 is 2.81 bits per heavy atom. The molecule has 1 heterocycles. The van der Waals surface area contributed by atoms with Crippen molar-refractivity contribution in [3.05, 3.63) is 59.3 Å². The first-order valence-electron chi connectivity index (χ1n) is 5.22. The lowest BCUT2D eigenvalue weighted by molar-refractivity contribution is 0.560. The maximum absolute atomic E-state index is 12.9. The molecule has 0 bridgehead atoms. The van der Waals surface area contributed by atoms with E-state index in [9.17, 15) is 4.39 Å². The molecule has 0 fully saturated rings. The highest BCUT2D eigenvalue weighted by Crippen LogP contribution is 2.10. The Morgan fingerprint density at radius 2 is 2.12 bits per heavy atom. The van der Waals surface area contributed by atoms with E-state index in [4.69, 9.17) is 4.42 Å². The molecule has 1 aromatic carbocycles. The summed E-state index contributed by atoms with van der Waals surface area (Å²) in [5.41, 5.74) is 3.20. The fourth-order valence-corrected chi connectivity index (χ4v) is 1.59. The number of aryl methyl sites for hydroxylation is 1. The third kappa shape index (κ3) is 2.70. The Kier molecular flexibility index (Phi) is 3.37. The minimum atomic E-state index is -0.184. The van der Waals surface area contributed by atoms with Gasteiger partial charge in [0.2, 0.25) is 0 Å². The molecular formula is C13H14FNO. The molecule has 0 saturated heterocycles. The molecule has 0 unspecified atom stereocenters. The molecule has 0 saturated carbocycles. The van der Waals surface area contributed by atoms with Crippen LogP contribution in [0.5, 0.6) is 0 Å². The average Bonchev–Trinajstić information content (AvgIpc) is 2.74. The van der Waals surface area contributed by atoms with Crippen LogP contribution in [0.25, 0.3) is 0 Å². The van der Waals surface area contributed by atoms with Crippen molar-refractivity contribution in [3.8, 4) is 0 Å². The summed E-state index contributed by atoms with van der Waals surface area (Å²) in [5, 5.41) is 3.28. The van der Waals surface area contributed by atoms with E-state index in [1.807, 2.05) is 19.1 Å². The van der Waals surface area contributed by atoms with Crippen LogP contribution >= 0.6 is 0 Å². The molecule has 1 N–H and O–H groups in total. The van der Waals surface area contributed by atoms with Gasteiger partial charge in [0.25, 0.3) is 0 Å². The summed E-state index contributed by atoms with van der Waals surface area (Å²) in [6.07, 6.45) is 3.37. The summed E-state index contributed by atoms with van der Waals surface area (Å²) in [6, 6.07) is 6.77. The van der Waals surface area contributed by atoms with Crippen LogP contribution in [0.4, 0.5) is 4.39 Å². The predicted octanol–water partition coefficient (Wildman–Crippen LogP) is 3.02. The molecule has 1 aromatic heterocycles. The topological polar surface area (TPSA) is 25.2 Å². The summed E-state index contributed by atoms with van der Waals surface area (Å²) in [5.74, 6) is -0.184. The van der Waals surface area contributed by atoms with Gasteiger partial charge < -0.3 is 9.73 Å². The van der Waals surface area contributed by atoms with E-state index in [1.54, 1.807) is 18.6 Å². The standard InChI is InChI=1S/C13H14FNO/c1-10-6-13(14)3-2-12(10)8-15-7-11-4-5-16-9-11/h2-6,9,15H,7-8H2,1H3. The Bertz CT molecular complexity index is 451. The maximum Gasteiger partial charge on any atom is 0.123 e. The number of nitrogens with one attached hydrogen (secondary N) is 1. The van der Waals surface area contributed by atoms with Crippen molar-refractivity contribution < 1.29 is 8.81 Å². The van der Waals surface area contributed by atoms with Crippen LogP contribution in [0.3, 0.4) is 0 Å². The van der Waals surface area contributed by atoms with E-state index < -0.39 is 0 Å². The smallest absolute Gasteiger partial charge is 0.123 e. The zero-order valence-corrected chi connectivity index (χ0v) is 9.16. The number of hydrogen-bond acceptors (Lipinski definition) is 2. The molecule has 3 heteroatoms. The SMILES string of the molecule is Cc1cc(F)ccc1CNCc1ccoc1. The highest BCUT2D eigenvalue weighted by Gasteiger charge is 2.00. The van der Waals surface area contributed by atoms with Gasteiger partial charge in [0.1, 0.15) is 5.82 Å². The van der Waals surface area contributed by atoms with Crippen molar-refractivity contribution in [1.82, 2.24) is 5.32 Å². The Balaban J connectivity index is 1.90. The molecule has 2 aromatic rings. The Morgan fingerprint density at radius 1 is 1.25 bits per heavy atom. The second kappa shape index (κ2) is 4.94. The number of hydrogen-bond donors (Lipinski definition) is 1. The van der Waals surface area contributed by atoms with Gasteiger partial charge >= 0.3 is 0 Å². The molecule has 0 aliphatic heterocycles. The van der Waals surface area contributed by atoms with E-state index in [1.165, 1.54) is 6.07 Å². The molecule has 84 valence electrons. The molecule has 0 aliphatic carbocycles. The van der Waals surface area contributed by atoms with Gasteiger partial charge in [-0.2, -0.15) is 0 Å². The average molecular weight is 219 g/mol. The van der Waals surface area contributed by atoms with Gasteiger partial charge in [-0.05, 0) is 36.2 Å². The van der Waals surface area contributed by atoms with Gasteiger partial charge in [0.05, 0.1) is 12.5 Å². The molecule has 2 rings (SSSR count). The van der Waals surface area contributed by atoms with Crippen LogP contribution in [-0.4, -0.2) is 0 Å². The largest absolute Gasteiger partial charge is 0.472 e. The first-order chi connectivity index (χ1) is 7.75. The van der Waals surface area contributed by atoms with Gasteiger partial charge in [0, 0.05) is 18.7 Å². The minimum absolute atomic E-state index is 0.184. The molecule has 0 atom stereocenters. The monoisotopic (exact) mass is 219 g/mol. The van der Waals surface area contributed by atoms with Crippen LogP contribution in [0, 0.1) is 12.7 Å². The van der Waals surface area contributed by atoms with E-state index in [2.05, 4.69) is 5.32 Å². The number of rotatable bonds is 4. The fourth-order valence-electron chi connectivity index (χ4n) is 1.59. The van der Waals surface area contributed by atoms with E-state index >= 15 is 0 Å². The highest BCUT2D eigenvalue weighted by atomic mass is 19.1. The lowest BCUT2D eigenvalue weighted by atomic mass is 10.1. The van der Waals surface area contributed by atoms with Crippen molar-refractivity contribution in [2.24, 2.45) is 0 Å². The Labute approximate surface area is 94.1 Å². The summed E-state index contributed by atoms with van der Waals surface area (Å²) >= 11 is 0. The van der Waals surface area contributed by atoms with Crippen LogP contribution < -0.4 is 5.32 Å². The zero-order chi connectivity index (χ0) is 11.4. The first kappa shape index (κ1) is 10.9. The third-order valence-electron chi connectivity index (χ3n) is 2.53. The van der Waals surface area contributed by atoms with E-state index in [0.717, 1.165) is 29.8 Å². The van der Waals surface area contributed by atoms with Gasteiger partial charge in [-0.1, -0.05) is 6.07 Å². The first-order valence-corrected chi connectivity index (χ1v) is 5.22. The fraction of sp³-hybridized carbons (Fsp3) is 0.231. The molecular weight excluding hydrogens is 205 g/mol.